The topological polar surface area (TPSA) is 18.5 Å². The second-order valence-corrected chi connectivity index (χ2v) is 31.6. The van der Waals surface area contributed by atoms with Gasteiger partial charge < -0.3 is 15.1 Å². The fourth-order valence-electron chi connectivity index (χ4n) is 13.1. The molecule has 18 aromatic rings. The second-order valence-electron chi connectivity index (χ2n) is 24.6. The third-order valence-corrected chi connectivity index (χ3v) is 23.7. The first-order valence-corrected chi connectivity index (χ1v) is 38.1. The molecule has 0 spiro atoms. The van der Waals surface area contributed by atoms with E-state index < -0.39 is 0 Å². The molecule has 4 aromatic heterocycles. The molecule has 0 aliphatic carbocycles. The van der Waals surface area contributed by atoms with Crippen LogP contribution in [0.3, 0.4) is 0 Å². The van der Waals surface area contributed by atoms with Crippen LogP contribution in [0.2, 0.25) is 0 Å². The van der Waals surface area contributed by atoms with Gasteiger partial charge in [0.1, 0.15) is 10.0 Å². The van der Waals surface area contributed by atoms with Crippen molar-refractivity contribution in [3.8, 4) is 33.4 Å². The fourth-order valence-corrected chi connectivity index (χ4v) is 18.6. The number of nitrogens with zero attached hydrogens (tertiary/aromatic N) is 2. The lowest BCUT2D eigenvalue weighted by molar-refractivity contribution is 1.33. The zero-order valence-corrected chi connectivity index (χ0v) is 62.7. The van der Waals surface area contributed by atoms with Crippen LogP contribution in [0, 0.1) is 0 Å². The molecule has 0 fully saturated rings. The van der Waals surface area contributed by atoms with Crippen molar-refractivity contribution in [2.45, 2.75) is 7.43 Å². The van der Waals surface area contributed by atoms with Crippen LogP contribution < -0.4 is 15.1 Å². The number of nitrogens with one attached hydrogen (secondary N) is 1. The lowest BCUT2D eigenvalue weighted by Crippen LogP contribution is -2.08. The summed E-state index contributed by atoms with van der Waals surface area (Å²) in [6.45, 7) is 11.6. The Bertz CT molecular complexity index is 5670. The zero-order valence-electron chi connectivity index (χ0n) is 55.2. The summed E-state index contributed by atoms with van der Waals surface area (Å²) in [5, 5.41) is 18.3. The second kappa shape index (κ2) is 31.1. The summed E-state index contributed by atoms with van der Waals surface area (Å²) in [6, 6.07) is 116. The van der Waals surface area contributed by atoms with E-state index in [-0.39, 0.29) is 20.9 Å². The van der Waals surface area contributed by atoms with Gasteiger partial charge in [-0.25, -0.2) is 0 Å². The minimum Gasteiger partial charge on any atom is -0.355 e. The first-order chi connectivity index (χ1) is 49.6. The van der Waals surface area contributed by atoms with Gasteiger partial charge >= 0.3 is 0 Å². The van der Waals surface area contributed by atoms with Crippen LogP contribution in [-0.4, -0.2) is 0 Å². The Hall–Kier alpha value is -10.4. The normalized spacial score (nSPS) is 11.0. The fraction of sp³-hybridized carbons (Fsp3) is 0.0108. The highest BCUT2D eigenvalue weighted by Gasteiger charge is 2.22. The van der Waals surface area contributed by atoms with Crippen LogP contribution in [0.4, 0.5) is 44.1 Å². The monoisotopic (exact) mass is 1550 g/mol. The molecule has 10 heteroatoms. The lowest BCUT2D eigenvalue weighted by Gasteiger charge is -2.25. The van der Waals surface area contributed by atoms with Crippen molar-refractivity contribution >= 4 is 226 Å². The average Bonchev–Trinajstić information content (AvgIpc) is 1.63. The Labute approximate surface area is 641 Å². The minimum atomic E-state index is 0. The summed E-state index contributed by atoms with van der Waals surface area (Å²) in [5.41, 5.74) is 17.3. The quantitative estimate of drug-likeness (QED) is 0.117. The molecule has 0 atom stereocenters. The lowest BCUT2D eigenvalue weighted by atomic mass is 10.0. The third kappa shape index (κ3) is 14.9. The molecular weight excluding hydrogens is 1480 g/mol. The van der Waals surface area contributed by atoms with Gasteiger partial charge in [0, 0.05) is 57.7 Å². The predicted molar refractivity (Wildman–Crippen MR) is 472 cm³/mol. The van der Waals surface area contributed by atoms with Crippen molar-refractivity contribution in [1.82, 2.24) is 0 Å². The maximum Gasteiger partial charge on any atom is 0.101 e. The average molecular weight is 1550 g/mol. The Morgan fingerprint density at radius 2 is 0.592 bits per heavy atom. The summed E-state index contributed by atoms with van der Waals surface area (Å²) in [5.74, 6) is 0. The van der Waals surface area contributed by atoms with Gasteiger partial charge in [0.05, 0.1) is 18.9 Å². The maximum atomic E-state index is 3.92. The standard InChI is InChI=1S/C58H40N2S2.C24H19N.C10H4Br2S2.CH4.H2S/c1-3-39-19-23-41(24-20-39)43-27-31-49(32-28-43)59(53-17-9-13-45-11-5-7-15-51(45)53)57-37-47-35-56-48(36-55(47)61-57)38-58(62-56)60(54-18-10-14-46-12-6-8-16-52(46)54)50-33-29-44(30-34-50)42-25-21-40(4-2)22-26-42;1-2-18-10-12-19(13-11-18)20-14-16-22(17-15-20)25-24-9-5-7-21-6-3-4-8-23(21)24;11-9-3-5-1-7-6(2-8(5)14-9)4-10(12)13-7;;/h3-38H,1-2H2;2-17,25H,1H2;1-4H;1H4;1H2. The van der Waals surface area contributed by atoms with Crippen molar-refractivity contribution in [2.24, 2.45) is 0 Å². The van der Waals surface area contributed by atoms with Gasteiger partial charge in [-0.15, -0.1) is 45.3 Å². The van der Waals surface area contributed by atoms with Crippen molar-refractivity contribution < 1.29 is 0 Å². The van der Waals surface area contributed by atoms with Gasteiger partial charge in [-0.3, -0.25) is 0 Å². The molecule has 3 nitrogen and oxygen atoms in total. The van der Waals surface area contributed by atoms with Crippen LogP contribution in [0.5, 0.6) is 0 Å². The van der Waals surface area contributed by atoms with Gasteiger partial charge in [-0.1, -0.05) is 264 Å². The van der Waals surface area contributed by atoms with Crippen LogP contribution >= 0.6 is 90.7 Å². The first-order valence-electron chi connectivity index (χ1n) is 33.2. The van der Waals surface area contributed by atoms with Crippen molar-refractivity contribution in [3.05, 3.63) is 366 Å². The third-order valence-electron chi connectivity index (χ3n) is 18.3. The summed E-state index contributed by atoms with van der Waals surface area (Å²) < 4.78 is 7.59. The molecule has 0 saturated carbocycles. The number of rotatable bonds is 14. The molecule has 0 aliphatic rings. The molecule has 0 unspecified atom stereocenters. The van der Waals surface area contributed by atoms with Crippen LogP contribution in [0.1, 0.15) is 24.1 Å². The maximum absolute atomic E-state index is 3.92. The molecular formula is C93H69Br2N3S5. The Morgan fingerprint density at radius 1 is 0.291 bits per heavy atom. The summed E-state index contributed by atoms with van der Waals surface area (Å²) >= 11 is 14.3. The number of anilines is 8. The van der Waals surface area contributed by atoms with Crippen LogP contribution in [0.25, 0.3) is 124 Å². The van der Waals surface area contributed by atoms with E-state index in [1.807, 2.05) is 40.9 Å². The Balaban J connectivity index is 0.000000177. The molecule has 0 radical (unpaired) electrons. The van der Waals surface area contributed by atoms with Gasteiger partial charge in [-0.2, -0.15) is 13.5 Å². The number of thiophene rings is 4. The van der Waals surface area contributed by atoms with Crippen molar-refractivity contribution in [1.29, 1.82) is 0 Å². The smallest absolute Gasteiger partial charge is 0.101 e. The van der Waals surface area contributed by atoms with Gasteiger partial charge in [0.2, 0.25) is 0 Å². The molecule has 1 N–H and O–H groups in total. The molecule has 0 bridgehead atoms. The molecule has 18 rings (SSSR count). The zero-order chi connectivity index (χ0) is 68.3. The van der Waals surface area contributed by atoms with Gasteiger partial charge in [0.25, 0.3) is 0 Å². The largest absolute Gasteiger partial charge is 0.355 e. The van der Waals surface area contributed by atoms with Crippen molar-refractivity contribution in [2.75, 3.05) is 15.1 Å². The number of benzene rings is 14. The Kier molecular flexibility index (Phi) is 21.0. The minimum absolute atomic E-state index is 0. The van der Waals surface area contributed by atoms with E-state index >= 15 is 0 Å². The highest BCUT2D eigenvalue weighted by Crippen LogP contribution is 2.49. The van der Waals surface area contributed by atoms with E-state index in [9.17, 15) is 0 Å². The highest BCUT2D eigenvalue weighted by atomic mass is 79.9. The summed E-state index contributed by atoms with van der Waals surface area (Å²) in [7, 11) is 0. The molecule has 0 aliphatic heterocycles. The molecule has 0 saturated heterocycles. The summed E-state index contributed by atoms with van der Waals surface area (Å²) in [4.78, 5) is 4.85. The van der Waals surface area contributed by atoms with E-state index in [0.29, 0.717) is 0 Å². The Morgan fingerprint density at radius 3 is 0.971 bits per heavy atom. The molecule has 14 aromatic carbocycles. The number of halogens is 2. The van der Waals surface area contributed by atoms with Gasteiger partial charge in [0.15, 0.2) is 0 Å². The highest BCUT2D eigenvalue weighted by molar-refractivity contribution is 9.11. The number of hydrogen-bond acceptors (Lipinski definition) is 7. The van der Waals surface area contributed by atoms with Gasteiger partial charge in [-0.05, 0) is 223 Å². The molecule has 0 amide bonds. The van der Waals surface area contributed by atoms with E-state index in [4.69, 9.17) is 0 Å². The molecule has 103 heavy (non-hydrogen) atoms. The molecule has 500 valence electrons. The van der Waals surface area contributed by atoms with Crippen LogP contribution in [0.15, 0.2) is 349 Å². The summed E-state index contributed by atoms with van der Waals surface area (Å²) in [6.07, 6.45) is 5.63. The first kappa shape index (κ1) is 69.7. The van der Waals surface area contributed by atoms with E-state index in [0.717, 1.165) is 50.8 Å². The SMILES string of the molecule is Brc1cc2cc3sc(Br)cc3cc2s1.C.C=Cc1ccc(-c2ccc(N(c3cc4cc5sc(N(c6ccc(-c7ccc(C=C)cc7)cc6)c6cccc7ccccc67)cc5cc4s3)c3cccc4ccccc34)cc2)cc1.C=Cc1ccc(-c2ccc(Nc3cccc4ccccc34)cc2)cc1.S. The van der Waals surface area contributed by atoms with Crippen molar-refractivity contribution in [3.63, 3.8) is 0 Å². The number of hydrogen-bond donors (Lipinski definition) is 1. The van der Waals surface area contributed by atoms with E-state index in [2.05, 4.69) is 388 Å². The van der Waals surface area contributed by atoms with E-state index in [1.165, 1.54) is 124 Å². The molecule has 4 heterocycles. The number of fused-ring (bicyclic) bond motifs is 7. The predicted octanol–water partition coefficient (Wildman–Crippen LogP) is 31.3. The van der Waals surface area contributed by atoms with E-state index in [1.54, 1.807) is 22.7 Å². The van der Waals surface area contributed by atoms with Crippen LogP contribution in [-0.2, 0) is 0 Å².